The van der Waals surface area contributed by atoms with Gasteiger partial charge in [-0.25, -0.2) is 0 Å². The van der Waals surface area contributed by atoms with Gasteiger partial charge in [-0.15, -0.1) is 0 Å². The molecule has 19 heavy (non-hydrogen) atoms. The number of aryl methyl sites for hydroxylation is 1. The van der Waals surface area contributed by atoms with E-state index in [0.29, 0.717) is 5.92 Å². The Morgan fingerprint density at radius 3 is 2.68 bits per heavy atom. The van der Waals surface area contributed by atoms with Crippen molar-refractivity contribution in [3.63, 3.8) is 0 Å². The zero-order chi connectivity index (χ0) is 13.4. The van der Waals surface area contributed by atoms with E-state index in [2.05, 4.69) is 36.3 Å². The summed E-state index contributed by atoms with van der Waals surface area (Å²) in [5, 5.41) is 3.57. The molecule has 0 amide bonds. The third-order valence-electron chi connectivity index (χ3n) is 4.73. The van der Waals surface area contributed by atoms with Gasteiger partial charge in [-0.1, -0.05) is 6.07 Å². The molecule has 1 aromatic rings. The molecule has 1 aromatic carbocycles. The summed E-state index contributed by atoms with van der Waals surface area (Å²) in [5.41, 5.74) is 4.01. The lowest BCUT2D eigenvalue weighted by molar-refractivity contribution is 0.202. The molecule has 1 N–H and O–H groups in total. The molecule has 0 saturated carbocycles. The molecular formula is C16H24N2O. The van der Waals surface area contributed by atoms with Crippen LogP contribution in [0.25, 0.3) is 0 Å². The van der Waals surface area contributed by atoms with E-state index in [1.54, 1.807) is 7.11 Å². The molecule has 2 aliphatic rings. The summed E-state index contributed by atoms with van der Waals surface area (Å²) in [6, 6.07) is 4.48. The number of ether oxygens (including phenoxy) is 1. The van der Waals surface area contributed by atoms with Gasteiger partial charge in [-0.3, -0.25) is 0 Å². The van der Waals surface area contributed by atoms with Crippen molar-refractivity contribution in [1.29, 1.82) is 0 Å². The van der Waals surface area contributed by atoms with E-state index in [1.165, 1.54) is 42.7 Å². The van der Waals surface area contributed by atoms with Crippen molar-refractivity contribution >= 4 is 5.69 Å². The van der Waals surface area contributed by atoms with E-state index < -0.39 is 0 Å². The first-order valence-corrected chi connectivity index (χ1v) is 7.30. The molecule has 0 radical (unpaired) electrons. The number of hydrogen-bond acceptors (Lipinski definition) is 3. The van der Waals surface area contributed by atoms with Crippen LogP contribution < -0.4 is 10.1 Å². The summed E-state index contributed by atoms with van der Waals surface area (Å²) in [4.78, 5) is 2.44. The quantitative estimate of drug-likeness (QED) is 0.885. The Morgan fingerprint density at radius 2 is 2.00 bits per heavy atom. The lowest BCUT2D eigenvalue weighted by Gasteiger charge is -2.32. The molecule has 0 spiro atoms. The van der Waals surface area contributed by atoms with Crippen molar-refractivity contribution in [3.8, 4) is 5.75 Å². The normalized spacial score (nSPS) is 24.1. The maximum Gasteiger partial charge on any atom is 0.142 e. The number of anilines is 1. The molecule has 1 atom stereocenters. The molecule has 3 nitrogen and oxygen atoms in total. The fourth-order valence-corrected chi connectivity index (χ4v) is 3.60. The van der Waals surface area contributed by atoms with Crippen molar-refractivity contribution in [2.45, 2.75) is 25.7 Å². The highest BCUT2D eigenvalue weighted by molar-refractivity contribution is 5.68. The summed E-state index contributed by atoms with van der Waals surface area (Å²) >= 11 is 0. The van der Waals surface area contributed by atoms with Gasteiger partial charge in [0.15, 0.2) is 0 Å². The maximum absolute atomic E-state index is 5.52. The Hall–Kier alpha value is -1.22. The standard InChI is InChI=1S/C16H24N2O/c1-11-8-13-14(12-4-6-18(2)7-5-12)10-17-16(13)15(9-11)19-3/h8-9,12,14,17H,4-7,10H2,1-3H3. The second-order valence-electron chi connectivity index (χ2n) is 6.06. The van der Waals surface area contributed by atoms with Gasteiger partial charge in [0.05, 0.1) is 12.8 Å². The molecule has 1 saturated heterocycles. The van der Waals surface area contributed by atoms with Crippen LogP contribution in [0.1, 0.15) is 29.9 Å². The number of rotatable bonds is 2. The van der Waals surface area contributed by atoms with Crippen molar-refractivity contribution in [3.05, 3.63) is 23.3 Å². The number of methoxy groups -OCH3 is 1. The fraction of sp³-hybridized carbons (Fsp3) is 0.625. The van der Waals surface area contributed by atoms with Gasteiger partial charge < -0.3 is 15.0 Å². The molecule has 3 rings (SSSR count). The molecule has 104 valence electrons. The largest absolute Gasteiger partial charge is 0.495 e. The minimum atomic E-state index is 0.664. The number of fused-ring (bicyclic) bond motifs is 1. The summed E-state index contributed by atoms with van der Waals surface area (Å²) in [6.45, 7) is 5.70. The van der Waals surface area contributed by atoms with Crippen LogP contribution in [0.3, 0.4) is 0 Å². The number of nitrogens with zero attached hydrogens (tertiary/aromatic N) is 1. The third-order valence-corrected chi connectivity index (χ3v) is 4.73. The minimum Gasteiger partial charge on any atom is -0.495 e. The Bertz CT molecular complexity index is 464. The first-order chi connectivity index (χ1) is 9.19. The average Bonchev–Trinajstić information content (AvgIpc) is 2.82. The third kappa shape index (κ3) is 2.32. The highest BCUT2D eigenvalue weighted by Gasteiger charge is 2.33. The van der Waals surface area contributed by atoms with E-state index >= 15 is 0 Å². The van der Waals surface area contributed by atoms with Crippen molar-refractivity contribution in [2.75, 3.05) is 39.1 Å². The number of hydrogen-bond donors (Lipinski definition) is 1. The zero-order valence-electron chi connectivity index (χ0n) is 12.2. The van der Waals surface area contributed by atoms with Gasteiger partial charge in [0.1, 0.15) is 5.75 Å². The monoisotopic (exact) mass is 260 g/mol. The smallest absolute Gasteiger partial charge is 0.142 e. The highest BCUT2D eigenvalue weighted by atomic mass is 16.5. The van der Waals surface area contributed by atoms with Gasteiger partial charge in [-0.05, 0) is 63.0 Å². The lowest BCUT2D eigenvalue weighted by atomic mass is 9.81. The molecule has 2 aliphatic heterocycles. The number of piperidine rings is 1. The summed E-state index contributed by atoms with van der Waals surface area (Å²) < 4.78 is 5.52. The Balaban J connectivity index is 1.87. The summed E-state index contributed by atoms with van der Waals surface area (Å²) in [5.74, 6) is 2.49. The Labute approximate surface area is 115 Å². The predicted molar refractivity (Wildman–Crippen MR) is 79.2 cm³/mol. The van der Waals surface area contributed by atoms with Gasteiger partial charge >= 0.3 is 0 Å². The van der Waals surface area contributed by atoms with E-state index in [-0.39, 0.29) is 0 Å². The molecule has 1 unspecified atom stereocenters. The molecule has 0 aliphatic carbocycles. The number of benzene rings is 1. The van der Waals surface area contributed by atoms with Gasteiger partial charge in [0.2, 0.25) is 0 Å². The lowest BCUT2D eigenvalue weighted by Crippen LogP contribution is -2.33. The van der Waals surface area contributed by atoms with E-state index in [9.17, 15) is 0 Å². The van der Waals surface area contributed by atoms with Crippen LogP contribution in [-0.4, -0.2) is 38.7 Å². The van der Waals surface area contributed by atoms with E-state index in [4.69, 9.17) is 4.74 Å². The van der Waals surface area contributed by atoms with Crippen LogP contribution >= 0.6 is 0 Å². The molecular weight excluding hydrogens is 236 g/mol. The topological polar surface area (TPSA) is 24.5 Å². The molecule has 0 aromatic heterocycles. The van der Waals surface area contributed by atoms with E-state index in [1.807, 2.05) is 0 Å². The van der Waals surface area contributed by atoms with Crippen molar-refractivity contribution in [2.24, 2.45) is 5.92 Å². The van der Waals surface area contributed by atoms with Crippen LogP contribution in [0.5, 0.6) is 5.75 Å². The van der Waals surface area contributed by atoms with Gasteiger partial charge in [0.25, 0.3) is 0 Å². The second-order valence-corrected chi connectivity index (χ2v) is 6.06. The van der Waals surface area contributed by atoms with Crippen molar-refractivity contribution in [1.82, 2.24) is 4.90 Å². The highest BCUT2D eigenvalue weighted by Crippen LogP contribution is 2.45. The van der Waals surface area contributed by atoms with E-state index in [0.717, 1.165) is 18.2 Å². The predicted octanol–water partition coefficient (Wildman–Crippen LogP) is 2.85. The minimum absolute atomic E-state index is 0.664. The molecule has 3 heteroatoms. The zero-order valence-corrected chi connectivity index (χ0v) is 12.2. The van der Waals surface area contributed by atoms with Gasteiger partial charge in [-0.2, -0.15) is 0 Å². The second kappa shape index (κ2) is 5.04. The molecule has 1 fully saturated rings. The maximum atomic E-state index is 5.52. The first-order valence-electron chi connectivity index (χ1n) is 7.30. The average molecular weight is 260 g/mol. The molecule has 0 bridgehead atoms. The fourth-order valence-electron chi connectivity index (χ4n) is 3.60. The Kier molecular flexibility index (Phi) is 3.40. The SMILES string of the molecule is COc1cc(C)cc2c1NCC2C1CCN(C)CC1. The summed E-state index contributed by atoms with van der Waals surface area (Å²) in [6.07, 6.45) is 2.64. The van der Waals surface area contributed by atoms with Crippen LogP contribution in [0.4, 0.5) is 5.69 Å². The number of nitrogens with one attached hydrogen (secondary N) is 1. The van der Waals surface area contributed by atoms with Crippen LogP contribution in [0.2, 0.25) is 0 Å². The van der Waals surface area contributed by atoms with Gasteiger partial charge in [0, 0.05) is 12.5 Å². The first kappa shape index (κ1) is 12.8. The molecule has 2 heterocycles. The Morgan fingerprint density at radius 1 is 1.26 bits per heavy atom. The summed E-state index contributed by atoms with van der Waals surface area (Å²) in [7, 11) is 3.99. The van der Waals surface area contributed by atoms with Crippen LogP contribution in [0, 0.1) is 12.8 Å². The van der Waals surface area contributed by atoms with Crippen LogP contribution in [-0.2, 0) is 0 Å². The number of likely N-dealkylation sites (tertiary alicyclic amines) is 1. The van der Waals surface area contributed by atoms with Crippen molar-refractivity contribution < 1.29 is 4.74 Å². The van der Waals surface area contributed by atoms with Crippen LogP contribution in [0.15, 0.2) is 12.1 Å².